The van der Waals surface area contributed by atoms with Crippen molar-refractivity contribution in [1.82, 2.24) is 0 Å². The Kier molecular flexibility index (Phi) is 6.23. The maximum absolute atomic E-state index is 12.1. The minimum Gasteiger partial charge on any atom is -0.326 e. The van der Waals surface area contributed by atoms with E-state index in [0.29, 0.717) is 15.7 Å². The maximum atomic E-state index is 12.1. The molecule has 0 aliphatic heterocycles. The van der Waals surface area contributed by atoms with Crippen LogP contribution in [0.25, 0.3) is 0 Å². The third-order valence-corrected chi connectivity index (χ3v) is 4.00. The molecule has 0 aromatic heterocycles. The molecular weight excluding hydrogens is 347 g/mol. The van der Waals surface area contributed by atoms with Gasteiger partial charge in [-0.15, -0.1) is 0 Å². The lowest BCUT2D eigenvalue weighted by Gasteiger charge is -2.22. The summed E-state index contributed by atoms with van der Waals surface area (Å²) < 4.78 is 0. The molecule has 2 aromatic rings. The highest BCUT2D eigenvalue weighted by atomic mass is 35.5. The largest absolute Gasteiger partial charge is 0.326 e. The van der Waals surface area contributed by atoms with Crippen LogP contribution in [0.4, 0.5) is 11.4 Å². The van der Waals surface area contributed by atoms with Crippen molar-refractivity contribution in [2.24, 2.45) is 0 Å². The molecule has 0 atom stereocenters. The molecule has 2 rings (SSSR count). The van der Waals surface area contributed by atoms with Gasteiger partial charge in [0.1, 0.15) is 0 Å². The van der Waals surface area contributed by atoms with Crippen molar-refractivity contribution >= 4 is 46.4 Å². The zero-order chi connectivity index (χ0) is 17.7. The van der Waals surface area contributed by atoms with Gasteiger partial charge in [-0.05, 0) is 42.8 Å². The predicted octanol–water partition coefficient (Wildman–Crippen LogP) is 4.68. The van der Waals surface area contributed by atoms with Gasteiger partial charge in [0.15, 0.2) is 0 Å². The first-order valence-electron chi connectivity index (χ1n) is 7.46. The van der Waals surface area contributed by atoms with Crippen LogP contribution in [-0.4, -0.2) is 18.4 Å². The van der Waals surface area contributed by atoms with Crippen LogP contribution in [0.3, 0.4) is 0 Å². The Labute approximate surface area is 151 Å². The molecule has 6 heteroatoms. The van der Waals surface area contributed by atoms with Crippen molar-refractivity contribution in [1.29, 1.82) is 0 Å². The number of halogens is 2. The number of nitrogens with zero attached hydrogens (tertiary/aromatic N) is 1. The summed E-state index contributed by atoms with van der Waals surface area (Å²) in [5.41, 5.74) is 2.29. The third-order valence-electron chi connectivity index (χ3n) is 3.44. The van der Waals surface area contributed by atoms with E-state index in [9.17, 15) is 9.59 Å². The lowest BCUT2D eigenvalue weighted by molar-refractivity contribution is -0.117. The van der Waals surface area contributed by atoms with Gasteiger partial charge < -0.3 is 10.2 Å². The minimum atomic E-state index is -0.206. The molecule has 0 aliphatic carbocycles. The molecule has 4 nitrogen and oxygen atoms in total. The normalized spacial score (nSPS) is 10.3. The standard InChI is InChI=1S/C18H18Cl2N2O2/c1-12-4-3-5-15(10-12)21-18(24)8-9-22(13(2)23)17-11-14(19)6-7-16(17)20/h3-7,10-11H,8-9H2,1-2H3,(H,21,24). The van der Waals surface area contributed by atoms with Crippen LogP contribution < -0.4 is 10.2 Å². The fraction of sp³-hybridized carbons (Fsp3) is 0.222. The van der Waals surface area contributed by atoms with Gasteiger partial charge in [-0.1, -0.05) is 35.3 Å². The van der Waals surface area contributed by atoms with Crippen molar-refractivity contribution in [2.75, 3.05) is 16.8 Å². The highest BCUT2D eigenvalue weighted by Crippen LogP contribution is 2.29. The minimum absolute atomic E-state index is 0.149. The summed E-state index contributed by atoms with van der Waals surface area (Å²) in [5, 5.41) is 3.71. The average Bonchev–Trinajstić information content (AvgIpc) is 2.50. The molecule has 24 heavy (non-hydrogen) atoms. The lowest BCUT2D eigenvalue weighted by Crippen LogP contribution is -2.32. The summed E-state index contributed by atoms with van der Waals surface area (Å²) in [4.78, 5) is 25.5. The monoisotopic (exact) mass is 364 g/mol. The van der Waals surface area contributed by atoms with E-state index in [1.165, 1.54) is 11.8 Å². The molecular formula is C18H18Cl2N2O2. The van der Waals surface area contributed by atoms with E-state index < -0.39 is 0 Å². The van der Waals surface area contributed by atoms with Gasteiger partial charge in [-0.2, -0.15) is 0 Å². The van der Waals surface area contributed by atoms with Crippen LogP contribution >= 0.6 is 23.2 Å². The molecule has 2 amide bonds. The summed E-state index contributed by atoms with van der Waals surface area (Å²) in [5.74, 6) is -0.382. The quantitative estimate of drug-likeness (QED) is 0.836. The molecule has 126 valence electrons. The number of hydrogen-bond donors (Lipinski definition) is 1. The van der Waals surface area contributed by atoms with E-state index in [1.54, 1.807) is 18.2 Å². The SMILES string of the molecule is CC(=O)N(CCC(=O)Nc1cccc(C)c1)c1cc(Cl)ccc1Cl. The van der Waals surface area contributed by atoms with Gasteiger partial charge in [-0.25, -0.2) is 0 Å². The van der Waals surface area contributed by atoms with E-state index in [0.717, 1.165) is 11.3 Å². The molecule has 0 heterocycles. The van der Waals surface area contributed by atoms with Crippen molar-refractivity contribution in [3.8, 4) is 0 Å². The number of anilines is 2. The molecule has 0 radical (unpaired) electrons. The van der Waals surface area contributed by atoms with E-state index in [1.807, 2.05) is 31.2 Å². The lowest BCUT2D eigenvalue weighted by atomic mass is 10.2. The van der Waals surface area contributed by atoms with E-state index in [4.69, 9.17) is 23.2 Å². The molecule has 0 aliphatic rings. The van der Waals surface area contributed by atoms with Crippen molar-refractivity contribution in [3.63, 3.8) is 0 Å². The molecule has 0 saturated heterocycles. The predicted molar refractivity (Wildman–Crippen MR) is 98.9 cm³/mol. The number of carbonyl (C=O) groups excluding carboxylic acids is 2. The molecule has 0 unspecified atom stereocenters. The van der Waals surface area contributed by atoms with Crippen LogP contribution in [-0.2, 0) is 9.59 Å². The molecule has 1 N–H and O–H groups in total. The Morgan fingerprint density at radius 2 is 1.88 bits per heavy atom. The molecule has 0 saturated carbocycles. The molecule has 2 aromatic carbocycles. The van der Waals surface area contributed by atoms with Crippen molar-refractivity contribution in [3.05, 3.63) is 58.1 Å². The number of carbonyl (C=O) groups is 2. The highest BCUT2D eigenvalue weighted by molar-refractivity contribution is 6.35. The summed E-state index contributed by atoms with van der Waals surface area (Å²) in [7, 11) is 0. The van der Waals surface area contributed by atoms with Gasteiger partial charge in [-0.3, -0.25) is 9.59 Å². The second-order valence-corrected chi connectivity index (χ2v) is 6.28. The molecule has 0 bridgehead atoms. The number of rotatable bonds is 5. The van der Waals surface area contributed by atoms with Crippen LogP contribution in [0.15, 0.2) is 42.5 Å². The van der Waals surface area contributed by atoms with Crippen LogP contribution in [0, 0.1) is 6.92 Å². The number of aryl methyl sites for hydroxylation is 1. The van der Waals surface area contributed by atoms with Gasteiger partial charge >= 0.3 is 0 Å². The van der Waals surface area contributed by atoms with Gasteiger partial charge in [0.05, 0.1) is 10.7 Å². The van der Waals surface area contributed by atoms with Gasteiger partial charge in [0, 0.05) is 30.6 Å². The fourth-order valence-electron chi connectivity index (χ4n) is 2.30. The summed E-state index contributed by atoms with van der Waals surface area (Å²) in [6.07, 6.45) is 0.149. The van der Waals surface area contributed by atoms with Crippen LogP contribution in [0.5, 0.6) is 0 Å². The molecule has 0 spiro atoms. The summed E-state index contributed by atoms with van der Waals surface area (Å²) >= 11 is 12.1. The first kappa shape index (κ1) is 18.3. The highest BCUT2D eigenvalue weighted by Gasteiger charge is 2.16. The van der Waals surface area contributed by atoms with E-state index in [2.05, 4.69) is 5.32 Å². The average molecular weight is 365 g/mol. The molecule has 0 fully saturated rings. The maximum Gasteiger partial charge on any atom is 0.226 e. The first-order valence-corrected chi connectivity index (χ1v) is 8.22. The third kappa shape index (κ3) is 4.98. The first-order chi connectivity index (χ1) is 11.4. The van der Waals surface area contributed by atoms with E-state index >= 15 is 0 Å². The Morgan fingerprint density at radius 1 is 1.12 bits per heavy atom. The van der Waals surface area contributed by atoms with E-state index in [-0.39, 0.29) is 24.8 Å². The summed E-state index contributed by atoms with van der Waals surface area (Å²) in [6, 6.07) is 12.4. The number of nitrogens with one attached hydrogen (secondary N) is 1. The summed E-state index contributed by atoms with van der Waals surface area (Å²) in [6.45, 7) is 3.59. The Hall–Kier alpha value is -2.04. The number of benzene rings is 2. The Bertz CT molecular complexity index is 762. The van der Waals surface area contributed by atoms with Crippen LogP contribution in [0.1, 0.15) is 18.9 Å². The number of amides is 2. The van der Waals surface area contributed by atoms with Crippen molar-refractivity contribution in [2.45, 2.75) is 20.3 Å². The Balaban J connectivity index is 2.05. The zero-order valence-electron chi connectivity index (χ0n) is 13.5. The number of hydrogen-bond acceptors (Lipinski definition) is 2. The zero-order valence-corrected chi connectivity index (χ0v) is 15.0. The van der Waals surface area contributed by atoms with Gasteiger partial charge in [0.2, 0.25) is 11.8 Å². The fourth-order valence-corrected chi connectivity index (χ4v) is 2.69. The smallest absolute Gasteiger partial charge is 0.226 e. The second-order valence-electron chi connectivity index (χ2n) is 5.43. The van der Waals surface area contributed by atoms with Crippen LogP contribution in [0.2, 0.25) is 10.0 Å². The van der Waals surface area contributed by atoms with Crippen molar-refractivity contribution < 1.29 is 9.59 Å². The Morgan fingerprint density at radius 3 is 2.54 bits per heavy atom. The van der Waals surface area contributed by atoms with Gasteiger partial charge in [0.25, 0.3) is 0 Å². The topological polar surface area (TPSA) is 49.4 Å². The second kappa shape index (κ2) is 8.18.